The molecule has 0 atom stereocenters. The van der Waals surface area contributed by atoms with Crippen LogP contribution in [0.25, 0.3) is 11.1 Å². The number of anilines is 1. The van der Waals surface area contributed by atoms with Crippen LogP contribution in [0.4, 0.5) is 5.88 Å². The Labute approximate surface area is 241 Å². The van der Waals surface area contributed by atoms with Crippen LogP contribution in [0, 0.1) is 27.7 Å². The van der Waals surface area contributed by atoms with Crippen LogP contribution in [0.2, 0.25) is 0 Å². The van der Waals surface area contributed by atoms with Gasteiger partial charge >= 0.3 is 0 Å². The Balaban J connectivity index is 1.72. The SMILES string of the molecule is COc1c(OCc2ccc(-c3ccccc3S(=O)(=O)Nc3onc(C)c3C)c(COC(C)(C)C)c2)cc(C)nc1C. The Bertz CT molecular complexity index is 1660. The molecule has 0 saturated carbocycles. The maximum absolute atomic E-state index is 13.6. The molecule has 0 saturated heterocycles. The fraction of sp³-hybridized carbons (Fsp3) is 0.355. The lowest BCUT2D eigenvalue weighted by Crippen LogP contribution is -2.19. The van der Waals surface area contributed by atoms with Gasteiger partial charge in [-0.2, -0.15) is 0 Å². The molecular weight excluding hydrogens is 542 g/mol. The van der Waals surface area contributed by atoms with E-state index in [0.717, 1.165) is 28.1 Å². The highest BCUT2D eigenvalue weighted by Gasteiger charge is 2.24. The van der Waals surface area contributed by atoms with Crippen molar-refractivity contribution in [1.29, 1.82) is 0 Å². The third-order valence-corrected chi connectivity index (χ3v) is 7.91. The second-order valence-electron chi connectivity index (χ2n) is 10.9. The van der Waals surface area contributed by atoms with E-state index in [9.17, 15) is 8.42 Å². The van der Waals surface area contributed by atoms with Gasteiger partial charge < -0.3 is 18.7 Å². The van der Waals surface area contributed by atoms with Gasteiger partial charge in [-0.1, -0.05) is 35.5 Å². The predicted molar refractivity (Wildman–Crippen MR) is 158 cm³/mol. The molecule has 0 aliphatic carbocycles. The van der Waals surface area contributed by atoms with Crippen LogP contribution in [0.3, 0.4) is 0 Å². The first-order valence-corrected chi connectivity index (χ1v) is 14.7. The van der Waals surface area contributed by atoms with Crippen molar-refractivity contribution < 1.29 is 27.2 Å². The van der Waals surface area contributed by atoms with Gasteiger partial charge in [-0.25, -0.2) is 13.1 Å². The maximum Gasteiger partial charge on any atom is 0.264 e. The van der Waals surface area contributed by atoms with Gasteiger partial charge in [0, 0.05) is 22.9 Å². The molecule has 41 heavy (non-hydrogen) atoms. The number of hydrogen-bond acceptors (Lipinski definition) is 8. The first kappa shape index (κ1) is 30.1. The predicted octanol–water partition coefficient (Wildman–Crippen LogP) is 6.67. The second kappa shape index (κ2) is 11.9. The van der Waals surface area contributed by atoms with Crippen LogP contribution in [-0.4, -0.2) is 31.3 Å². The summed E-state index contributed by atoms with van der Waals surface area (Å²) in [5.74, 6) is 1.29. The largest absolute Gasteiger partial charge is 0.491 e. The Morgan fingerprint density at radius 1 is 0.927 bits per heavy atom. The molecule has 0 aliphatic heterocycles. The molecule has 0 unspecified atom stereocenters. The van der Waals surface area contributed by atoms with E-state index in [1.807, 2.05) is 65.0 Å². The van der Waals surface area contributed by atoms with Crippen molar-refractivity contribution in [3.8, 4) is 22.6 Å². The van der Waals surface area contributed by atoms with Crippen molar-refractivity contribution in [3.05, 3.63) is 82.3 Å². The molecule has 0 aliphatic rings. The fourth-order valence-electron chi connectivity index (χ4n) is 4.32. The van der Waals surface area contributed by atoms with Gasteiger partial charge in [0.25, 0.3) is 10.0 Å². The molecular formula is C31H37N3O6S. The zero-order valence-corrected chi connectivity index (χ0v) is 25.6. The smallest absolute Gasteiger partial charge is 0.264 e. The van der Waals surface area contributed by atoms with Gasteiger partial charge in [0.1, 0.15) is 6.61 Å². The number of rotatable bonds is 10. The molecule has 0 bridgehead atoms. The maximum atomic E-state index is 13.6. The van der Waals surface area contributed by atoms with E-state index in [1.54, 1.807) is 39.2 Å². The average molecular weight is 580 g/mol. The zero-order chi connectivity index (χ0) is 29.9. The van der Waals surface area contributed by atoms with Crippen LogP contribution < -0.4 is 14.2 Å². The topological polar surface area (TPSA) is 113 Å². The minimum atomic E-state index is -4.00. The third-order valence-electron chi connectivity index (χ3n) is 6.52. The molecule has 1 N–H and O–H groups in total. The average Bonchev–Trinajstić information content (AvgIpc) is 3.21. The van der Waals surface area contributed by atoms with Gasteiger partial charge in [0.05, 0.1) is 35.6 Å². The van der Waals surface area contributed by atoms with Crippen molar-refractivity contribution in [2.24, 2.45) is 0 Å². The van der Waals surface area contributed by atoms with E-state index >= 15 is 0 Å². The number of nitrogens with one attached hydrogen (secondary N) is 1. The Kier molecular flexibility index (Phi) is 8.74. The first-order chi connectivity index (χ1) is 19.3. The van der Waals surface area contributed by atoms with Gasteiger partial charge in [0.2, 0.25) is 5.88 Å². The number of sulfonamides is 1. The van der Waals surface area contributed by atoms with E-state index in [1.165, 1.54) is 0 Å². The highest BCUT2D eigenvalue weighted by molar-refractivity contribution is 7.92. The van der Waals surface area contributed by atoms with Crippen molar-refractivity contribution in [2.45, 2.75) is 72.2 Å². The summed E-state index contributed by atoms with van der Waals surface area (Å²) >= 11 is 0. The number of aromatic nitrogens is 2. The summed E-state index contributed by atoms with van der Waals surface area (Å²) in [6.07, 6.45) is 0. The molecule has 0 radical (unpaired) electrons. The molecule has 4 aromatic rings. The van der Waals surface area contributed by atoms with Crippen LogP contribution in [0.1, 0.15) is 54.5 Å². The van der Waals surface area contributed by atoms with Crippen LogP contribution in [-0.2, 0) is 28.0 Å². The minimum absolute atomic E-state index is 0.0955. The number of benzene rings is 2. The fourth-order valence-corrected chi connectivity index (χ4v) is 5.59. The molecule has 218 valence electrons. The standard InChI is InChI=1S/C31H37N3O6S/c1-19-15-27(29(37-8)22(4)32-19)38-17-23-13-14-25(24(16-23)18-39-31(5,6)7)26-11-9-10-12-28(26)41(35,36)34-30-20(2)21(3)33-40-30/h9-16,34H,17-18H2,1-8H3. The molecule has 2 aromatic heterocycles. The monoisotopic (exact) mass is 579 g/mol. The van der Waals surface area contributed by atoms with Crippen molar-refractivity contribution >= 4 is 15.9 Å². The quantitative estimate of drug-likeness (QED) is 0.222. The summed E-state index contributed by atoms with van der Waals surface area (Å²) in [6.45, 7) is 13.8. The van der Waals surface area contributed by atoms with Gasteiger partial charge in [-0.3, -0.25) is 4.98 Å². The lowest BCUT2D eigenvalue weighted by molar-refractivity contribution is -0.0148. The molecule has 0 spiro atoms. The molecule has 0 fully saturated rings. The number of nitrogens with zero attached hydrogens (tertiary/aromatic N) is 2. The molecule has 10 heteroatoms. The first-order valence-electron chi connectivity index (χ1n) is 13.2. The van der Waals surface area contributed by atoms with Crippen LogP contribution >= 0.6 is 0 Å². The molecule has 0 amide bonds. The third kappa shape index (κ3) is 7.07. The number of pyridine rings is 1. The lowest BCUT2D eigenvalue weighted by atomic mass is 9.97. The Morgan fingerprint density at radius 2 is 1.66 bits per heavy atom. The van der Waals surface area contributed by atoms with E-state index in [-0.39, 0.29) is 24.0 Å². The second-order valence-corrected chi connectivity index (χ2v) is 12.5. The molecule has 2 heterocycles. The Hall–Kier alpha value is -3.89. The number of hydrogen-bond donors (Lipinski definition) is 1. The number of ether oxygens (including phenoxy) is 3. The van der Waals surface area contributed by atoms with Crippen LogP contribution in [0.15, 0.2) is 57.9 Å². The van der Waals surface area contributed by atoms with Gasteiger partial charge in [-0.15, -0.1) is 0 Å². The van der Waals surface area contributed by atoms with Crippen LogP contribution in [0.5, 0.6) is 11.5 Å². The van der Waals surface area contributed by atoms with E-state index in [4.69, 9.17) is 18.7 Å². The summed E-state index contributed by atoms with van der Waals surface area (Å²) in [7, 11) is -2.41. The summed E-state index contributed by atoms with van der Waals surface area (Å²) in [5.41, 5.74) is 5.41. The van der Waals surface area contributed by atoms with E-state index < -0.39 is 15.6 Å². The summed E-state index contributed by atoms with van der Waals surface area (Å²) in [4.78, 5) is 4.55. The van der Waals surface area contributed by atoms with Crippen molar-refractivity contribution in [2.75, 3.05) is 11.8 Å². The van der Waals surface area contributed by atoms with Crippen molar-refractivity contribution in [3.63, 3.8) is 0 Å². The number of aryl methyl sites for hydroxylation is 3. The number of methoxy groups -OCH3 is 1. The summed E-state index contributed by atoms with van der Waals surface area (Å²) in [6, 6.07) is 14.5. The van der Waals surface area contributed by atoms with E-state index in [0.29, 0.717) is 28.3 Å². The Morgan fingerprint density at radius 3 is 2.32 bits per heavy atom. The molecule has 2 aromatic carbocycles. The zero-order valence-electron chi connectivity index (χ0n) is 24.8. The highest BCUT2D eigenvalue weighted by atomic mass is 32.2. The molecule has 4 rings (SSSR count). The minimum Gasteiger partial charge on any atom is -0.491 e. The van der Waals surface area contributed by atoms with Gasteiger partial charge in [-0.05, 0) is 77.3 Å². The molecule has 9 nitrogen and oxygen atoms in total. The van der Waals surface area contributed by atoms with Crippen molar-refractivity contribution in [1.82, 2.24) is 10.1 Å². The highest BCUT2D eigenvalue weighted by Crippen LogP contribution is 2.35. The van der Waals surface area contributed by atoms with E-state index in [2.05, 4.69) is 14.9 Å². The van der Waals surface area contributed by atoms with Gasteiger partial charge in [0.15, 0.2) is 11.5 Å². The normalized spacial score (nSPS) is 11.9. The summed E-state index contributed by atoms with van der Waals surface area (Å²) in [5, 5.41) is 3.86. The lowest BCUT2D eigenvalue weighted by Gasteiger charge is -2.22. The summed E-state index contributed by atoms with van der Waals surface area (Å²) < 4.78 is 52.7.